The van der Waals surface area contributed by atoms with Crippen molar-refractivity contribution >= 4 is 0 Å². The van der Waals surface area contributed by atoms with Gasteiger partial charge in [0.1, 0.15) is 6.17 Å². The van der Waals surface area contributed by atoms with Crippen molar-refractivity contribution in [3.8, 4) is 0 Å². The predicted octanol–water partition coefficient (Wildman–Crippen LogP) is 0.766. The molecule has 1 saturated heterocycles. The molecule has 2 N–H and O–H groups in total. The van der Waals surface area contributed by atoms with Crippen molar-refractivity contribution in [2.75, 3.05) is 13.1 Å². The molecule has 0 bridgehead atoms. The fourth-order valence-corrected chi connectivity index (χ4v) is 1.45. The Morgan fingerprint density at radius 2 is 2.18 bits per heavy atom. The van der Waals surface area contributed by atoms with E-state index in [4.69, 9.17) is 5.73 Å². The second kappa shape index (κ2) is 3.50. The number of nitrogens with zero attached hydrogens (tertiary/aromatic N) is 1. The summed E-state index contributed by atoms with van der Waals surface area (Å²) in [5.41, 5.74) is 5.59. The average molecular weight is 160 g/mol. The molecule has 0 aliphatic carbocycles. The Bertz CT molecular complexity index is 127. The number of likely N-dealkylation sites (tertiary alicyclic amines) is 1. The summed E-state index contributed by atoms with van der Waals surface area (Å²) in [5, 5.41) is 0. The molecule has 0 saturated carbocycles. The van der Waals surface area contributed by atoms with Crippen molar-refractivity contribution in [2.45, 2.75) is 38.5 Å². The summed E-state index contributed by atoms with van der Waals surface area (Å²) in [6.45, 7) is 5.79. The Hall–Kier alpha value is -0.150. The van der Waals surface area contributed by atoms with Gasteiger partial charge in [-0.1, -0.05) is 0 Å². The smallest absolute Gasteiger partial charge is 0.118 e. The summed E-state index contributed by atoms with van der Waals surface area (Å²) in [6, 6.07) is 0.222. The first-order chi connectivity index (χ1) is 5.11. The molecule has 2 unspecified atom stereocenters. The molecule has 1 aliphatic rings. The lowest BCUT2D eigenvalue weighted by atomic mass is 10.0. The minimum atomic E-state index is -0.787. The molecule has 0 amide bonds. The van der Waals surface area contributed by atoms with Crippen LogP contribution in [0, 0.1) is 0 Å². The highest BCUT2D eigenvalue weighted by molar-refractivity contribution is 4.84. The fraction of sp³-hybridized carbons (Fsp3) is 1.00. The maximum atomic E-state index is 12.9. The van der Waals surface area contributed by atoms with Gasteiger partial charge in [0, 0.05) is 25.2 Å². The van der Waals surface area contributed by atoms with Crippen LogP contribution in [-0.2, 0) is 0 Å². The van der Waals surface area contributed by atoms with Gasteiger partial charge in [0.05, 0.1) is 0 Å². The third-order valence-electron chi connectivity index (χ3n) is 2.33. The van der Waals surface area contributed by atoms with Crippen LogP contribution >= 0.6 is 0 Å². The Balaban J connectivity index is 2.40. The number of rotatable bonds is 1. The van der Waals surface area contributed by atoms with E-state index in [1.807, 2.05) is 0 Å². The highest BCUT2D eigenvalue weighted by atomic mass is 19.1. The number of nitrogens with two attached hydrogens (primary N) is 1. The zero-order valence-electron chi connectivity index (χ0n) is 7.26. The molecule has 11 heavy (non-hydrogen) atoms. The van der Waals surface area contributed by atoms with E-state index in [-0.39, 0.29) is 6.04 Å². The van der Waals surface area contributed by atoms with Gasteiger partial charge in [-0.2, -0.15) is 0 Å². The first-order valence-corrected chi connectivity index (χ1v) is 4.25. The molecule has 0 aromatic carbocycles. The third-order valence-corrected chi connectivity index (χ3v) is 2.33. The molecule has 1 rings (SSSR count). The quantitative estimate of drug-likeness (QED) is 0.614. The summed E-state index contributed by atoms with van der Waals surface area (Å²) in [6.07, 6.45) is -0.190. The minimum absolute atomic E-state index is 0.272. The maximum Gasteiger partial charge on any atom is 0.118 e. The number of hydrogen-bond acceptors (Lipinski definition) is 2. The summed E-state index contributed by atoms with van der Waals surface area (Å²) in [5.74, 6) is 0. The first-order valence-electron chi connectivity index (χ1n) is 4.25. The molecule has 0 radical (unpaired) electrons. The van der Waals surface area contributed by atoms with Crippen LogP contribution in [0.4, 0.5) is 4.39 Å². The Morgan fingerprint density at radius 3 is 2.64 bits per heavy atom. The van der Waals surface area contributed by atoms with Gasteiger partial charge in [0.15, 0.2) is 0 Å². The van der Waals surface area contributed by atoms with Crippen LogP contribution in [0.2, 0.25) is 0 Å². The van der Waals surface area contributed by atoms with E-state index in [0.29, 0.717) is 19.0 Å². The Kier molecular flexibility index (Phi) is 2.84. The molecule has 0 aromatic rings. The van der Waals surface area contributed by atoms with Gasteiger partial charge in [0.2, 0.25) is 0 Å². The van der Waals surface area contributed by atoms with E-state index in [0.717, 1.165) is 6.54 Å². The molecule has 0 spiro atoms. The van der Waals surface area contributed by atoms with Crippen LogP contribution in [0.25, 0.3) is 0 Å². The van der Waals surface area contributed by atoms with E-state index in [1.165, 1.54) is 0 Å². The van der Waals surface area contributed by atoms with Crippen LogP contribution in [0.3, 0.4) is 0 Å². The molecule has 1 fully saturated rings. The molecule has 2 atom stereocenters. The number of alkyl halides is 1. The fourth-order valence-electron chi connectivity index (χ4n) is 1.45. The molecule has 2 nitrogen and oxygen atoms in total. The molecule has 1 heterocycles. The van der Waals surface area contributed by atoms with Gasteiger partial charge in [0.25, 0.3) is 0 Å². The van der Waals surface area contributed by atoms with Gasteiger partial charge in [-0.05, 0) is 20.3 Å². The average Bonchev–Trinajstić information content (AvgIpc) is 1.94. The Morgan fingerprint density at radius 1 is 1.55 bits per heavy atom. The second-order valence-corrected chi connectivity index (χ2v) is 3.56. The lowest BCUT2D eigenvalue weighted by Gasteiger charge is -2.35. The normalized spacial score (nSPS) is 34.6. The van der Waals surface area contributed by atoms with Crippen LogP contribution in [0.5, 0.6) is 0 Å². The Labute approximate surface area is 67.6 Å². The van der Waals surface area contributed by atoms with Gasteiger partial charge in [-0.3, -0.25) is 4.90 Å². The van der Waals surface area contributed by atoms with Crippen molar-refractivity contribution in [1.82, 2.24) is 4.90 Å². The standard InChI is InChI=1S/C8H17FN2/c1-6(2)11-4-3-7(9)8(10)5-11/h6-8H,3-5,10H2,1-2H3. The van der Waals surface area contributed by atoms with Crippen molar-refractivity contribution in [2.24, 2.45) is 5.73 Å². The van der Waals surface area contributed by atoms with E-state index >= 15 is 0 Å². The number of hydrogen-bond donors (Lipinski definition) is 1. The third kappa shape index (κ3) is 2.14. The molecule has 1 aliphatic heterocycles. The SMILES string of the molecule is CC(C)N1CCC(F)C(N)C1. The van der Waals surface area contributed by atoms with E-state index in [9.17, 15) is 4.39 Å². The number of halogens is 1. The van der Waals surface area contributed by atoms with Gasteiger partial charge in [-0.25, -0.2) is 4.39 Å². The van der Waals surface area contributed by atoms with Crippen molar-refractivity contribution in [1.29, 1.82) is 0 Å². The summed E-state index contributed by atoms with van der Waals surface area (Å²) in [7, 11) is 0. The molecule has 66 valence electrons. The first kappa shape index (κ1) is 8.94. The van der Waals surface area contributed by atoms with Crippen molar-refractivity contribution in [3.63, 3.8) is 0 Å². The molecule has 3 heteroatoms. The largest absolute Gasteiger partial charge is 0.324 e. The van der Waals surface area contributed by atoms with Crippen LogP contribution in [0.15, 0.2) is 0 Å². The topological polar surface area (TPSA) is 29.3 Å². The van der Waals surface area contributed by atoms with E-state index in [1.54, 1.807) is 0 Å². The monoisotopic (exact) mass is 160 g/mol. The van der Waals surface area contributed by atoms with E-state index in [2.05, 4.69) is 18.7 Å². The lowest BCUT2D eigenvalue weighted by Crippen LogP contribution is -2.51. The predicted molar refractivity (Wildman–Crippen MR) is 44.2 cm³/mol. The zero-order valence-corrected chi connectivity index (χ0v) is 7.26. The summed E-state index contributed by atoms with van der Waals surface area (Å²) in [4.78, 5) is 2.22. The van der Waals surface area contributed by atoms with Crippen LogP contribution < -0.4 is 5.73 Å². The second-order valence-electron chi connectivity index (χ2n) is 3.56. The molecular weight excluding hydrogens is 143 g/mol. The van der Waals surface area contributed by atoms with Crippen LogP contribution in [0.1, 0.15) is 20.3 Å². The highest BCUT2D eigenvalue weighted by Crippen LogP contribution is 2.14. The molecule has 0 aromatic heterocycles. The summed E-state index contributed by atoms with van der Waals surface area (Å²) >= 11 is 0. The summed E-state index contributed by atoms with van der Waals surface area (Å²) < 4.78 is 12.9. The molecular formula is C8H17FN2. The lowest BCUT2D eigenvalue weighted by molar-refractivity contribution is 0.104. The van der Waals surface area contributed by atoms with Crippen LogP contribution in [-0.4, -0.2) is 36.2 Å². The maximum absolute atomic E-state index is 12.9. The van der Waals surface area contributed by atoms with Gasteiger partial charge in [-0.15, -0.1) is 0 Å². The van der Waals surface area contributed by atoms with Crippen molar-refractivity contribution < 1.29 is 4.39 Å². The van der Waals surface area contributed by atoms with E-state index < -0.39 is 6.17 Å². The highest BCUT2D eigenvalue weighted by Gasteiger charge is 2.26. The minimum Gasteiger partial charge on any atom is -0.324 e. The van der Waals surface area contributed by atoms with Gasteiger partial charge < -0.3 is 5.73 Å². The van der Waals surface area contributed by atoms with Crippen molar-refractivity contribution in [3.05, 3.63) is 0 Å². The zero-order chi connectivity index (χ0) is 8.43. The van der Waals surface area contributed by atoms with Gasteiger partial charge >= 0.3 is 0 Å². The number of piperidine rings is 1.